The zero-order valence-corrected chi connectivity index (χ0v) is 24.4. The fraction of sp³-hybridized carbons (Fsp3) is 0.441. The van der Waals surface area contributed by atoms with Gasteiger partial charge in [0, 0.05) is 50.4 Å². The third-order valence-electron chi connectivity index (χ3n) is 8.46. The second-order valence-corrected chi connectivity index (χ2v) is 11.3. The number of rotatable bonds is 11. The Labute approximate surface area is 248 Å². The maximum absolute atomic E-state index is 11.7. The lowest BCUT2D eigenvalue weighted by atomic mass is 9.87. The van der Waals surface area contributed by atoms with Crippen molar-refractivity contribution in [3.63, 3.8) is 0 Å². The molecule has 1 saturated heterocycles. The Morgan fingerprint density at radius 2 is 1.90 bits per heavy atom. The first-order valence-electron chi connectivity index (χ1n) is 15.1. The summed E-state index contributed by atoms with van der Waals surface area (Å²) in [5, 5.41) is 6.47. The molecule has 222 valence electrons. The number of fused-ring (bicyclic) bond motifs is 2. The third-order valence-corrected chi connectivity index (χ3v) is 8.46. The van der Waals surface area contributed by atoms with E-state index < -0.39 is 0 Å². The van der Waals surface area contributed by atoms with Crippen LogP contribution in [0.1, 0.15) is 47.4 Å². The number of carbonyl (C=O) groups is 1. The van der Waals surface area contributed by atoms with Crippen LogP contribution in [0.2, 0.25) is 0 Å². The molecule has 3 aromatic rings. The maximum atomic E-state index is 11.7. The van der Waals surface area contributed by atoms with Crippen molar-refractivity contribution in [2.75, 3.05) is 56.7 Å². The van der Waals surface area contributed by atoms with Gasteiger partial charge >= 0.3 is 0 Å². The van der Waals surface area contributed by atoms with Crippen LogP contribution in [0, 0.1) is 0 Å². The van der Waals surface area contributed by atoms with E-state index in [1.807, 2.05) is 18.2 Å². The lowest BCUT2D eigenvalue weighted by molar-refractivity contribution is -0.116. The molecular formula is C34H41N3O5. The molecule has 2 atom stereocenters. The van der Waals surface area contributed by atoms with Crippen LogP contribution in [0.3, 0.4) is 0 Å². The van der Waals surface area contributed by atoms with Gasteiger partial charge in [-0.2, -0.15) is 0 Å². The quantitative estimate of drug-likeness (QED) is 0.312. The minimum absolute atomic E-state index is 0.0630. The minimum atomic E-state index is 0.0630. The van der Waals surface area contributed by atoms with Crippen molar-refractivity contribution < 1.29 is 23.7 Å². The smallest absolute Gasteiger partial charge is 0.224 e. The Kier molecular flexibility index (Phi) is 9.23. The van der Waals surface area contributed by atoms with Gasteiger partial charge in [-0.1, -0.05) is 36.4 Å². The highest BCUT2D eigenvalue weighted by Crippen LogP contribution is 2.35. The molecule has 0 saturated carbocycles. The number of nitrogens with zero attached hydrogens (tertiary/aromatic N) is 1. The number of carbonyl (C=O) groups excluding carboxylic acids is 1. The standard InChI is InChI=1S/C34H41N3O5/c1-39-18-3-16-37-17-19-40-32-12-8-25(20-30(32)37)23-42-33-21-35-15-14-27(33)26-9-6-24(7-10-26)22-41-31-5-2-4-29-28(31)11-13-34(38)36-29/h2,4-10,12,20,27,33,35H,3,11,13-19,21-23H2,1H3,(H,36,38)/t27-,33+/m1/s1. The summed E-state index contributed by atoms with van der Waals surface area (Å²) in [6.45, 7) is 6.19. The molecule has 3 aromatic carbocycles. The number of piperidine rings is 1. The summed E-state index contributed by atoms with van der Waals surface area (Å²) in [6.07, 6.45) is 3.32. The van der Waals surface area contributed by atoms with Gasteiger partial charge in [-0.25, -0.2) is 0 Å². The lowest BCUT2D eigenvalue weighted by Crippen LogP contribution is -2.41. The third kappa shape index (κ3) is 6.72. The van der Waals surface area contributed by atoms with Gasteiger partial charge in [-0.3, -0.25) is 4.79 Å². The van der Waals surface area contributed by atoms with Crippen molar-refractivity contribution >= 4 is 17.3 Å². The Morgan fingerprint density at radius 1 is 1.02 bits per heavy atom. The van der Waals surface area contributed by atoms with E-state index in [-0.39, 0.29) is 12.0 Å². The lowest BCUT2D eigenvalue weighted by Gasteiger charge is -2.33. The number of amides is 1. The van der Waals surface area contributed by atoms with Crippen LogP contribution in [0.4, 0.5) is 11.4 Å². The fourth-order valence-electron chi connectivity index (χ4n) is 6.18. The molecule has 1 amide bonds. The van der Waals surface area contributed by atoms with Crippen LogP contribution in [0.25, 0.3) is 0 Å². The molecule has 6 rings (SSSR count). The molecule has 0 aromatic heterocycles. The largest absolute Gasteiger partial charge is 0.490 e. The molecule has 1 fully saturated rings. The van der Waals surface area contributed by atoms with Crippen molar-refractivity contribution in [2.24, 2.45) is 0 Å². The van der Waals surface area contributed by atoms with Crippen molar-refractivity contribution in [3.05, 3.63) is 82.9 Å². The van der Waals surface area contributed by atoms with E-state index in [1.165, 1.54) is 5.56 Å². The summed E-state index contributed by atoms with van der Waals surface area (Å²) in [5.74, 6) is 2.18. The van der Waals surface area contributed by atoms with Gasteiger partial charge in [0.05, 0.1) is 24.9 Å². The van der Waals surface area contributed by atoms with Crippen molar-refractivity contribution in [2.45, 2.75) is 50.9 Å². The van der Waals surface area contributed by atoms with Gasteiger partial charge in [-0.05, 0) is 66.8 Å². The van der Waals surface area contributed by atoms with E-state index in [4.69, 9.17) is 18.9 Å². The van der Waals surface area contributed by atoms with Crippen molar-refractivity contribution in [3.8, 4) is 11.5 Å². The van der Waals surface area contributed by atoms with Crippen LogP contribution < -0.4 is 25.0 Å². The summed E-state index contributed by atoms with van der Waals surface area (Å²) in [5.41, 5.74) is 6.67. The average Bonchev–Trinajstić information content (AvgIpc) is 3.03. The summed E-state index contributed by atoms with van der Waals surface area (Å²) in [6, 6.07) is 21.0. The van der Waals surface area contributed by atoms with Gasteiger partial charge in [0.2, 0.25) is 5.91 Å². The molecule has 8 heteroatoms. The molecule has 0 aliphatic carbocycles. The summed E-state index contributed by atoms with van der Waals surface area (Å²) < 4.78 is 23.9. The van der Waals surface area contributed by atoms with Crippen molar-refractivity contribution in [1.29, 1.82) is 0 Å². The van der Waals surface area contributed by atoms with E-state index in [0.717, 1.165) is 85.2 Å². The van der Waals surface area contributed by atoms with Crippen LogP contribution in [0.5, 0.6) is 11.5 Å². The maximum Gasteiger partial charge on any atom is 0.224 e. The number of hydrogen-bond acceptors (Lipinski definition) is 7. The van der Waals surface area contributed by atoms with Gasteiger partial charge in [0.25, 0.3) is 0 Å². The molecule has 3 aliphatic heterocycles. The van der Waals surface area contributed by atoms with E-state index in [9.17, 15) is 4.79 Å². The topological polar surface area (TPSA) is 81.3 Å². The highest BCUT2D eigenvalue weighted by Gasteiger charge is 2.28. The molecule has 2 N–H and O–H groups in total. The Bertz CT molecular complexity index is 1360. The van der Waals surface area contributed by atoms with Crippen LogP contribution in [-0.4, -0.2) is 58.5 Å². The zero-order chi connectivity index (χ0) is 28.7. The number of methoxy groups -OCH3 is 1. The van der Waals surface area contributed by atoms with Gasteiger partial charge in [0.1, 0.15) is 24.7 Å². The van der Waals surface area contributed by atoms with E-state index in [1.54, 1.807) is 7.11 Å². The summed E-state index contributed by atoms with van der Waals surface area (Å²) in [4.78, 5) is 14.1. The molecule has 3 aliphatic rings. The molecule has 0 radical (unpaired) electrons. The minimum Gasteiger partial charge on any atom is -0.490 e. The number of benzene rings is 3. The normalized spacial score (nSPS) is 19.8. The van der Waals surface area contributed by atoms with E-state index >= 15 is 0 Å². The van der Waals surface area contributed by atoms with Crippen molar-refractivity contribution in [1.82, 2.24) is 5.32 Å². The second-order valence-electron chi connectivity index (χ2n) is 11.3. The molecule has 8 nitrogen and oxygen atoms in total. The molecule has 0 bridgehead atoms. The fourth-order valence-corrected chi connectivity index (χ4v) is 6.18. The highest BCUT2D eigenvalue weighted by atomic mass is 16.5. The van der Waals surface area contributed by atoms with Crippen LogP contribution >= 0.6 is 0 Å². The first-order valence-corrected chi connectivity index (χ1v) is 15.1. The molecule has 0 spiro atoms. The Balaban J connectivity index is 1.07. The Hall–Kier alpha value is -3.59. The van der Waals surface area contributed by atoms with E-state index in [2.05, 4.69) is 58.0 Å². The zero-order valence-electron chi connectivity index (χ0n) is 24.4. The molecular weight excluding hydrogens is 530 g/mol. The Morgan fingerprint density at radius 3 is 2.79 bits per heavy atom. The number of anilines is 2. The molecule has 0 unspecified atom stereocenters. The van der Waals surface area contributed by atoms with E-state index in [0.29, 0.717) is 38.6 Å². The van der Waals surface area contributed by atoms with Crippen LogP contribution in [0.15, 0.2) is 60.7 Å². The SMILES string of the molecule is COCCCN1CCOc2ccc(CO[C@H]3CNCC[C@@H]3c3ccc(COc4cccc5c4CCC(=O)N5)cc3)cc21. The summed E-state index contributed by atoms with van der Waals surface area (Å²) in [7, 11) is 1.75. The monoisotopic (exact) mass is 571 g/mol. The molecule has 42 heavy (non-hydrogen) atoms. The van der Waals surface area contributed by atoms with Gasteiger partial charge in [-0.15, -0.1) is 0 Å². The first-order chi connectivity index (χ1) is 20.7. The number of hydrogen-bond donors (Lipinski definition) is 2. The summed E-state index contributed by atoms with van der Waals surface area (Å²) >= 11 is 0. The predicted octanol–water partition coefficient (Wildman–Crippen LogP) is 5.05. The van der Waals surface area contributed by atoms with Crippen LogP contribution in [-0.2, 0) is 33.9 Å². The predicted molar refractivity (Wildman–Crippen MR) is 164 cm³/mol. The number of nitrogens with one attached hydrogen (secondary N) is 2. The van der Waals surface area contributed by atoms with Gasteiger partial charge in [0.15, 0.2) is 0 Å². The number of ether oxygens (including phenoxy) is 4. The molecule has 3 heterocycles. The highest BCUT2D eigenvalue weighted by molar-refractivity contribution is 5.94. The second kappa shape index (κ2) is 13.6. The first kappa shape index (κ1) is 28.5. The average molecular weight is 572 g/mol. The van der Waals surface area contributed by atoms with Gasteiger partial charge < -0.3 is 34.5 Å².